The molecule has 7 heteroatoms. The molecule has 0 aromatic heterocycles. The highest BCUT2D eigenvalue weighted by atomic mass is 35.5. The minimum atomic E-state index is -0.306. The van der Waals surface area contributed by atoms with Crippen molar-refractivity contribution < 1.29 is 14.0 Å². The van der Waals surface area contributed by atoms with Gasteiger partial charge in [-0.25, -0.2) is 4.39 Å². The zero-order valence-electron chi connectivity index (χ0n) is 15.8. The highest BCUT2D eigenvalue weighted by molar-refractivity contribution is 6.42. The predicted octanol–water partition coefficient (Wildman–Crippen LogP) is 5.45. The summed E-state index contributed by atoms with van der Waals surface area (Å²) >= 11 is 12.1. The van der Waals surface area contributed by atoms with Gasteiger partial charge < -0.3 is 9.74 Å². The maximum Gasteiger partial charge on any atom is 0.226 e. The van der Waals surface area contributed by atoms with Crippen LogP contribution in [0.15, 0.2) is 47.6 Å². The summed E-state index contributed by atoms with van der Waals surface area (Å²) in [7, 11) is 0. The molecular weight excluding hydrogens is 414 g/mol. The summed E-state index contributed by atoms with van der Waals surface area (Å²) in [6.45, 7) is 0.585. The fourth-order valence-electron chi connectivity index (χ4n) is 3.60. The molecule has 4 rings (SSSR count). The van der Waals surface area contributed by atoms with Gasteiger partial charge in [-0.15, -0.1) is 0 Å². The van der Waals surface area contributed by atoms with Crippen molar-refractivity contribution in [3.63, 3.8) is 0 Å². The zero-order chi connectivity index (χ0) is 20.4. The zero-order valence-corrected chi connectivity index (χ0v) is 17.3. The second-order valence-corrected chi connectivity index (χ2v) is 8.35. The molecule has 29 heavy (non-hydrogen) atoms. The van der Waals surface area contributed by atoms with Gasteiger partial charge in [0.25, 0.3) is 0 Å². The highest BCUT2D eigenvalue weighted by Crippen LogP contribution is 2.30. The van der Waals surface area contributed by atoms with Crippen LogP contribution in [0, 0.1) is 11.7 Å². The van der Waals surface area contributed by atoms with E-state index in [9.17, 15) is 9.18 Å². The van der Waals surface area contributed by atoms with Crippen molar-refractivity contribution in [1.29, 1.82) is 0 Å². The SMILES string of the molecule is O=C(C1CCC1)N(Cc1ccccc1F)C[C@@H]1CC(c2ccc(Cl)c(Cl)c2)=NO1. The Morgan fingerprint density at radius 1 is 1.17 bits per heavy atom. The van der Waals surface area contributed by atoms with Crippen molar-refractivity contribution >= 4 is 34.8 Å². The number of carbonyl (C=O) groups excluding carboxylic acids is 1. The Balaban J connectivity index is 1.46. The van der Waals surface area contributed by atoms with Crippen LogP contribution in [0.3, 0.4) is 0 Å². The normalized spacial score (nSPS) is 18.7. The van der Waals surface area contributed by atoms with E-state index in [4.69, 9.17) is 28.0 Å². The molecule has 4 nitrogen and oxygen atoms in total. The van der Waals surface area contributed by atoms with Crippen LogP contribution in [0.2, 0.25) is 10.0 Å². The van der Waals surface area contributed by atoms with E-state index >= 15 is 0 Å². The lowest BCUT2D eigenvalue weighted by Crippen LogP contribution is -2.42. The Kier molecular flexibility index (Phi) is 6.07. The molecule has 152 valence electrons. The molecule has 1 aliphatic heterocycles. The van der Waals surface area contributed by atoms with Crippen LogP contribution >= 0.6 is 23.2 Å². The van der Waals surface area contributed by atoms with Gasteiger partial charge in [0, 0.05) is 30.0 Å². The largest absolute Gasteiger partial charge is 0.390 e. The van der Waals surface area contributed by atoms with Crippen molar-refractivity contribution in [3.8, 4) is 0 Å². The molecule has 0 bridgehead atoms. The smallest absolute Gasteiger partial charge is 0.226 e. The second-order valence-electron chi connectivity index (χ2n) is 7.54. The summed E-state index contributed by atoms with van der Waals surface area (Å²) in [6, 6.07) is 11.9. The Morgan fingerprint density at radius 2 is 1.97 bits per heavy atom. The number of carbonyl (C=O) groups is 1. The van der Waals surface area contributed by atoms with Crippen molar-refractivity contribution in [1.82, 2.24) is 4.90 Å². The van der Waals surface area contributed by atoms with E-state index in [2.05, 4.69) is 5.16 Å². The van der Waals surface area contributed by atoms with Crippen LogP contribution in [0.25, 0.3) is 0 Å². The minimum Gasteiger partial charge on any atom is -0.390 e. The Labute approximate surface area is 179 Å². The van der Waals surface area contributed by atoms with Gasteiger partial charge in [-0.3, -0.25) is 4.79 Å². The Bertz CT molecular complexity index is 946. The van der Waals surface area contributed by atoms with E-state index in [-0.39, 0.29) is 30.3 Å². The maximum atomic E-state index is 14.2. The number of hydrogen-bond acceptors (Lipinski definition) is 3. The van der Waals surface area contributed by atoms with Gasteiger partial charge in [-0.2, -0.15) is 0 Å². The molecule has 2 aliphatic rings. The Morgan fingerprint density at radius 3 is 2.66 bits per heavy atom. The number of nitrogens with zero attached hydrogens (tertiary/aromatic N) is 2. The van der Waals surface area contributed by atoms with Crippen molar-refractivity contribution in [3.05, 3.63) is 69.5 Å². The molecular formula is C22H21Cl2FN2O2. The van der Waals surface area contributed by atoms with E-state index in [0.717, 1.165) is 30.5 Å². The van der Waals surface area contributed by atoms with E-state index in [0.29, 0.717) is 28.6 Å². The van der Waals surface area contributed by atoms with Gasteiger partial charge in [0.15, 0.2) is 6.10 Å². The quantitative estimate of drug-likeness (QED) is 0.605. The number of amides is 1. The standard InChI is InChI=1S/C22H21Cl2FN2O2/c23-18-9-8-15(10-19(18)24)21-11-17(29-26-21)13-27(22(28)14-5-3-6-14)12-16-4-1-2-7-20(16)25/h1-2,4,7-10,14,17H,3,5-6,11-13H2/t17-/m0/s1. The first-order valence-electron chi connectivity index (χ1n) is 9.71. The summed E-state index contributed by atoms with van der Waals surface area (Å²) in [5.41, 5.74) is 2.10. The lowest BCUT2D eigenvalue weighted by Gasteiger charge is -2.32. The van der Waals surface area contributed by atoms with E-state index in [1.807, 2.05) is 6.07 Å². The van der Waals surface area contributed by atoms with Crippen LogP contribution in [-0.4, -0.2) is 29.2 Å². The van der Waals surface area contributed by atoms with Crippen LogP contribution in [-0.2, 0) is 16.2 Å². The number of rotatable bonds is 6. The number of oxime groups is 1. The molecule has 1 fully saturated rings. The van der Waals surface area contributed by atoms with Crippen LogP contribution < -0.4 is 0 Å². The van der Waals surface area contributed by atoms with Gasteiger partial charge in [-0.05, 0) is 31.0 Å². The van der Waals surface area contributed by atoms with Gasteiger partial charge in [0.05, 0.1) is 22.3 Å². The number of benzene rings is 2. The molecule has 1 atom stereocenters. The molecule has 2 aromatic carbocycles. The summed E-state index contributed by atoms with van der Waals surface area (Å²) in [6.07, 6.45) is 3.11. The monoisotopic (exact) mass is 434 g/mol. The van der Waals surface area contributed by atoms with Crippen LogP contribution in [0.4, 0.5) is 4.39 Å². The highest BCUT2D eigenvalue weighted by Gasteiger charge is 2.33. The first-order valence-corrected chi connectivity index (χ1v) is 10.5. The summed E-state index contributed by atoms with van der Waals surface area (Å²) in [4.78, 5) is 20.2. The molecule has 1 aliphatic carbocycles. The van der Waals surface area contributed by atoms with Gasteiger partial charge in [0.1, 0.15) is 5.82 Å². The molecule has 2 aromatic rings. The summed E-state index contributed by atoms with van der Waals surface area (Å²) in [5, 5.41) is 5.11. The average Bonchev–Trinajstić information content (AvgIpc) is 3.12. The molecule has 1 saturated carbocycles. The van der Waals surface area contributed by atoms with E-state index in [1.165, 1.54) is 6.07 Å². The van der Waals surface area contributed by atoms with Crippen LogP contribution in [0.5, 0.6) is 0 Å². The van der Waals surface area contributed by atoms with Crippen molar-refractivity contribution in [2.75, 3.05) is 6.54 Å². The maximum absolute atomic E-state index is 14.2. The third kappa shape index (κ3) is 4.57. The predicted molar refractivity (Wildman–Crippen MR) is 112 cm³/mol. The van der Waals surface area contributed by atoms with E-state index in [1.54, 1.807) is 35.2 Å². The number of halogens is 3. The average molecular weight is 435 g/mol. The molecule has 0 spiro atoms. The molecule has 1 amide bonds. The molecule has 0 saturated heterocycles. The molecule has 0 N–H and O–H groups in total. The molecule has 1 heterocycles. The summed E-state index contributed by atoms with van der Waals surface area (Å²) < 4.78 is 14.2. The lowest BCUT2D eigenvalue weighted by molar-refractivity contribution is -0.140. The molecule has 0 unspecified atom stereocenters. The van der Waals surface area contributed by atoms with Gasteiger partial charge in [0.2, 0.25) is 5.91 Å². The van der Waals surface area contributed by atoms with E-state index < -0.39 is 0 Å². The fraction of sp³-hybridized carbons (Fsp3) is 0.364. The van der Waals surface area contributed by atoms with Crippen LogP contribution in [0.1, 0.15) is 36.8 Å². The topological polar surface area (TPSA) is 41.9 Å². The van der Waals surface area contributed by atoms with Gasteiger partial charge >= 0.3 is 0 Å². The fourth-order valence-corrected chi connectivity index (χ4v) is 3.89. The van der Waals surface area contributed by atoms with Crippen molar-refractivity contribution in [2.24, 2.45) is 11.1 Å². The summed E-state index contributed by atoms with van der Waals surface area (Å²) in [5.74, 6) is -0.219. The van der Waals surface area contributed by atoms with Crippen molar-refractivity contribution in [2.45, 2.75) is 38.3 Å². The second kappa shape index (κ2) is 8.72. The third-order valence-corrected chi connectivity index (χ3v) is 6.23. The molecule has 0 radical (unpaired) electrons. The lowest BCUT2D eigenvalue weighted by atomic mass is 9.84. The Hall–Kier alpha value is -2.11. The van der Waals surface area contributed by atoms with Gasteiger partial charge in [-0.1, -0.05) is 59.0 Å². The number of hydrogen-bond donors (Lipinski definition) is 0. The first kappa shape index (κ1) is 20.2. The third-order valence-electron chi connectivity index (χ3n) is 5.49. The first-order chi connectivity index (χ1) is 14.0. The minimum absolute atomic E-state index is 0.0265.